The SMILES string of the molecule is CCC(C(=O)c1ccc(CCCCl)cc1)c1ccccc1. The minimum absolute atomic E-state index is 0.0557. The van der Waals surface area contributed by atoms with Crippen LogP contribution in [0.15, 0.2) is 54.6 Å². The zero-order valence-electron chi connectivity index (χ0n) is 12.4. The first kappa shape index (κ1) is 15.8. The van der Waals surface area contributed by atoms with Crippen molar-refractivity contribution in [1.82, 2.24) is 0 Å². The molecule has 0 fully saturated rings. The maximum Gasteiger partial charge on any atom is 0.170 e. The van der Waals surface area contributed by atoms with Crippen LogP contribution < -0.4 is 0 Å². The Bertz CT molecular complexity index is 560. The highest BCUT2D eigenvalue weighted by atomic mass is 35.5. The van der Waals surface area contributed by atoms with Crippen molar-refractivity contribution in [3.63, 3.8) is 0 Å². The van der Waals surface area contributed by atoms with Crippen molar-refractivity contribution in [3.05, 3.63) is 71.3 Å². The van der Waals surface area contributed by atoms with Gasteiger partial charge in [-0.15, -0.1) is 11.6 Å². The maximum atomic E-state index is 12.7. The largest absolute Gasteiger partial charge is 0.293 e. The van der Waals surface area contributed by atoms with E-state index < -0.39 is 0 Å². The fourth-order valence-corrected chi connectivity index (χ4v) is 2.70. The molecule has 110 valence electrons. The summed E-state index contributed by atoms with van der Waals surface area (Å²) >= 11 is 5.71. The quantitative estimate of drug-likeness (QED) is 0.505. The fourth-order valence-electron chi connectivity index (χ4n) is 2.57. The summed E-state index contributed by atoms with van der Waals surface area (Å²) in [6.45, 7) is 2.06. The number of hydrogen-bond donors (Lipinski definition) is 0. The molecule has 0 radical (unpaired) electrons. The summed E-state index contributed by atoms with van der Waals surface area (Å²) in [5, 5.41) is 0. The number of benzene rings is 2. The summed E-state index contributed by atoms with van der Waals surface area (Å²) in [6.07, 6.45) is 2.75. The monoisotopic (exact) mass is 300 g/mol. The number of aryl methyl sites for hydroxylation is 1. The van der Waals surface area contributed by atoms with Crippen molar-refractivity contribution in [3.8, 4) is 0 Å². The number of alkyl halides is 1. The topological polar surface area (TPSA) is 17.1 Å². The number of rotatable bonds is 7. The summed E-state index contributed by atoms with van der Waals surface area (Å²) < 4.78 is 0. The molecule has 0 aliphatic heterocycles. The van der Waals surface area contributed by atoms with E-state index >= 15 is 0 Å². The molecule has 1 nitrogen and oxygen atoms in total. The van der Waals surface area contributed by atoms with Gasteiger partial charge < -0.3 is 0 Å². The lowest BCUT2D eigenvalue weighted by Crippen LogP contribution is -2.12. The predicted molar refractivity (Wildman–Crippen MR) is 89.3 cm³/mol. The minimum Gasteiger partial charge on any atom is -0.293 e. The lowest BCUT2D eigenvalue weighted by Gasteiger charge is -2.14. The molecule has 0 heterocycles. The number of halogens is 1. The summed E-state index contributed by atoms with van der Waals surface area (Å²) in [7, 11) is 0. The molecule has 0 saturated heterocycles. The van der Waals surface area contributed by atoms with E-state index in [4.69, 9.17) is 11.6 Å². The first-order valence-corrected chi connectivity index (χ1v) is 8.03. The van der Waals surface area contributed by atoms with Crippen LogP contribution in [-0.4, -0.2) is 11.7 Å². The highest BCUT2D eigenvalue weighted by Crippen LogP contribution is 2.24. The summed E-state index contributed by atoms with van der Waals surface area (Å²) in [5.41, 5.74) is 3.12. The highest BCUT2D eigenvalue weighted by molar-refractivity contribution is 6.17. The van der Waals surface area contributed by atoms with Crippen molar-refractivity contribution in [2.45, 2.75) is 32.1 Å². The second-order valence-corrected chi connectivity index (χ2v) is 5.60. The second-order valence-electron chi connectivity index (χ2n) is 5.23. The molecular formula is C19H21ClO. The number of ketones is 1. The Hall–Kier alpha value is -1.60. The van der Waals surface area contributed by atoms with Crippen molar-refractivity contribution >= 4 is 17.4 Å². The van der Waals surface area contributed by atoms with Gasteiger partial charge >= 0.3 is 0 Å². The van der Waals surface area contributed by atoms with E-state index in [0.29, 0.717) is 5.88 Å². The Kier molecular flexibility index (Phi) is 6.01. The Morgan fingerprint density at radius 2 is 1.71 bits per heavy atom. The standard InChI is InChI=1S/C19H21ClO/c1-2-18(16-8-4-3-5-9-16)19(21)17-12-10-15(11-13-17)7-6-14-20/h3-5,8-13,18H,2,6-7,14H2,1H3. The first-order chi connectivity index (χ1) is 10.3. The van der Waals surface area contributed by atoms with Gasteiger partial charge in [0.05, 0.1) is 0 Å². The van der Waals surface area contributed by atoms with Gasteiger partial charge in [0.2, 0.25) is 0 Å². The van der Waals surface area contributed by atoms with E-state index in [1.807, 2.05) is 54.6 Å². The maximum absolute atomic E-state index is 12.7. The number of carbonyl (C=O) groups excluding carboxylic acids is 1. The van der Waals surface area contributed by atoms with Crippen molar-refractivity contribution in [2.24, 2.45) is 0 Å². The molecule has 0 amide bonds. The van der Waals surface area contributed by atoms with Gasteiger partial charge in [0, 0.05) is 17.4 Å². The third-order valence-electron chi connectivity index (χ3n) is 3.76. The van der Waals surface area contributed by atoms with Crippen LogP contribution in [0.3, 0.4) is 0 Å². The molecule has 2 aromatic carbocycles. The summed E-state index contributed by atoms with van der Waals surface area (Å²) in [5.74, 6) is 0.819. The predicted octanol–water partition coefficient (Wildman–Crippen LogP) is 5.23. The van der Waals surface area contributed by atoms with Gasteiger partial charge in [0.15, 0.2) is 5.78 Å². The van der Waals surface area contributed by atoms with E-state index in [1.54, 1.807) is 0 Å². The molecule has 0 saturated carbocycles. The summed E-state index contributed by atoms with van der Waals surface area (Å²) in [6, 6.07) is 18.0. The Labute approximate surface area is 132 Å². The molecule has 2 aromatic rings. The van der Waals surface area contributed by atoms with Crippen LogP contribution in [0.5, 0.6) is 0 Å². The number of carbonyl (C=O) groups is 1. The van der Waals surface area contributed by atoms with Crippen molar-refractivity contribution in [2.75, 3.05) is 5.88 Å². The Morgan fingerprint density at radius 1 is 1.05 bits per heavy atom. The fraction of sp³-hybridized carbons (Fsp3) is 0.316. The lowest BCUT2D eigenvalue weighted by atomic mass is 9.88. The third-order valence-corrected chi connectivity index (χ3v) is 4.03. The molecule has 0 aliphatic rings. The molecule has 2 heteroatoms. The van der Waals surface area contributed by atoms with Crippen LogP contribution in [-0.2, 0) is 6.42 Å². The average Bonchev–Trinajstić information content (AvgIpc) is 2.55. The molecule has 1 atom stereocenters. The van der Waals surface area contributed by atoms with Crippen molar-refractivity contribution in [1.29, 1.82) is 0 Å². The van der Waals surface area contributed by atoms with Crippen molar-refractivity contribution < 1.29 is 4.79 Å². The molecule has 0 spiro atoms. The highest BCUT2D eigenvalue weighted by Gasteiger charge is 2.19. The molecule has 1 unspecified atom stereocenters. The molecule has 0 N–H and O–H groups in total. The number of Topliss-reactive ketones (excluding diaryl/α,β-unsaturated/α-hetero) is 1. The lowest BCUT2D eigenvalue weighted by molar-refractivity contribution is 0.0957. The number of hydrogen-bond acceptors (Lipinski definition) is 1. The third kappa shape index (κ3) is 4.18. The van der Waals surface area contributed by atoms with Gasteiger partial charge in [0.25, 0.3) is 0 Å². The van der Waals surface area contributed by atoms with Gasteiger partial charge in [-0.1, -0.05) is 61.5 Å². The molecular weight excluding hydrogens is 280 g/mol. The van der Waals surface area contributed by atoms with Crippen LogP contribution in [0.2, 0.25) is 0 Å². The molecule has 0 aliphatic carbocycles. The van der Waals surface area contributed by atoms with E-state index in [-0.39, 0.29) is 11.7 Å². The van der Waals surface area contributed by atoms with Crippen LogP contribution >= 0.6 is 11.6 Å². The van der Waals surface area contributed by atoms with E-state index in [9.17, 15) is 4.79 Å². The average molecular weight is 301 g/mol. The smallest absolute Gasteiger partial charge is 0.170 e. The second kappa shape index (κ2) is 7.99. The first-order valence-electron chi connectivity index (χ1n) is 7.50. The van der Waals surface area contributed by atoms with E-state index in [2.05, 4.69) is 6.92 Å². The van der Waals surface area contributed by atoms with Crippen LogP contribution in [0.4, 0.5) is 0 Å². The van der Waals surface area contributed by atoms with Gasteiger partial charge in [-0.25, -0.2) is 0 Å². The minimum atomic E-state index is -0.0557. The molecule has 2 rings (SSSR count). The normalized spacial score (nSPS) is 12.1. The van der Waals surface area contributed by atoms with Gasteiger partial charge in [0.1, 0.15) is 0 Å². The van der Waals surface area contributed by atoms with E-state index in [0.717, 1.165) is 30.4 Å². The molecule has 0 bridgehead atoms. The van der Waals surface area contributed by atoms with Crippen LogP contribution in [0.25, 0.3) is 0 Å². The van der Waals surface area contributed by atoms with Gasteiger partial charge in [-0.05, 0) is 30.4 Å². The Balaban J connectivity index is 2.14. The van der Waals surface area contributed by atoms with E-state index in [1.165, 1.54) is 5.56 Å². The molecule has 0 aromatic heterocycles. The zero-order chi connectivity index (χ0) is 15.1. The van der Waals surface area contributed by atoms with Gasteiger partial charge in [-0.2, -0.15) is 0 Å². The van der Waals surface area contributed by atoms with Gasteiger partial charge in [-0.3, -0.25) is 4.79 Å². The van der Waals surface area contributed by atoms with Crippen LogP contribution in [0, 0.1) is 0 Å². The summed E-state index contributed by atoms with van der Waals surface area (Å²) in [4.78, 5) is 12.7. The molecule has 21 heavy (non-hydrogen) atoms. The van der Waals surface area contributed by atoms with Crippen LogP contribution in [0.1, 0.15) is 47.2 Å². The zero-order valence-corrected chi connectivity index (χ0v) is 13.1. The Morgan fingerprint density at radius 3 is 2.29 bits per heavy atom.